The van der Waals surface area contributed by atoms with Crippen LogP contribution in [-0.2, 0) is 9.59 Å². The Morgan fingerprint density at radius 2 is 1.27 bits per heavy atom. The molecule has 0 unspecified atom stereocenters. The third-order valence-corrected chi connectivity index (χ3v) is 2.98. The summed E-state index contributed by atoms with van der Waals surface area (Å²) < 4.78 is 0. The normalized spacial score (nSPS) is 10.1. The van der Waals surface area contributed by atoms with Gasteiger partial charge in [-0.1, -0.05) is 0 Å². The molecule has 2 aromatic carbocycles. The highest BCUT2D eigenvalue weighted by atomic mass is 16.1. The summed E-state index contributed by atoms with van der Waals surface area (Å²) in [7, 11) is 0. The molecule has 0 aliphatic carbocycles. The predicted octanol–water partition coefficient (Wildman–Crippen LogP) is 4.65. The summed E-state index contributed by atoms with van der Waals surface area (Å²) in [6, 6.07) is 10.3. The molecule has 0 aliphatic heterocycles. The van der Waals surface area contributed by atoms with Crippen LogP contribution in [0.25, 0.3) is 0 Å². The molecule has 0 aromatic heterocycles. The molecule has 0 saturated heterocycles. The number of rotatable bonds is 4. The Hall–Kier alpha value is -3.20. The Bertz CT molecular complexity index is 813. The molecule has 0 radical (unpaired) electrons. The fourth-order valence-electron chi connectivity index (χ4n) is 1.82. The van der Waals surface area contributed by atoms with Crippen LogP contribution in [0.3, 0.4) is 0 Å². The van der Waals surface area contributed by atoms with Crippen molar-refractivity contribution < 1.29 is 9.59 Å². The maximum atomic E-state index is 10.3. The van der Waals surface area contributed by atoms with Gasteiger partial charge in [-0.05, 0) is 61.4 Å². The van der Waals surface area contributed by atoms with E-state index in [4.69, 9.17) is 0 Å². The van der Waals surface area contributed by atoms with Gasteiger partial charge in [0.05, 0.1) is 22.7 Å². The second-order valence-corrected chi connectivity index (χ2v) is 4.55. The fraction of sp³-hybridized carbons (Fsp3) is 0.125. The van der Waals surface area contributed by atoms with Gasteiger partial charge >= 0.3 is 0 Å². The molecule has 6 nitrogen and oxygen atoms in total. The maximum Gasteiger partial charge on any atom is 0.240 e. The van der Waals surface area contributed by atoms with Gasteiger partial charge in [0.1, 0.15) is 0 Å². The van der Waals surface area contributed by atoms with Crippen molar-refractivity contribution in [1.82, 2.24) is 0 Å². The summed E-state index contributed by atoms with van der Waals surface area (Å²) >= 11 is 0. The molecule has 2 aromatic rings. The molecular formula is C16H12N4O2. The quantitative estimate of drug-likeness (QED) is 0.466. The topological polar surface area (TPSA) is 83.6 Å². The SMILES string of the molecule is Cc1cc(N=Nc2ccc(N=C=O)cc2)c(C)cc1N=C=O. The third-order valence-electron chi connectivity index (χ3n) is 2.98. The van der Waals surface area contributed by atoms with E-state index in [1.807, 2.05) is 13.8 Å². The van der Waals surface area contributed by atoms with Gasteiger partial charge in [0.2, 0.25) is 12.2 Å². The molecular weight excluding hydrogens is 280 g/mol. The molecule has 0 saturated carbocycles. The van der Waals surface area contributed by atoms with Gasteiger partial charge in [-0.25, -0.2) is 9.59 Å². The van der Waals surface area contributed by atoms with Crippen LogP contribution in [0.5, 0.6) is 0 Å². The number of hydrogen-bond donors (Lipinski definition) is 0. The number of nitrogens with zero attached hydrogens (tertiary/aromatic N) is 4. The summed E-state index contributed by atoms with van der Waals surface area (Å²) in [5, 5.41) is 8.32. The summed E-state index contributed by atoms with van der Waals surface area (Å²) in [4.78, 5) is 27.6. The highest BCUT2D eigenvalue weighted by Gasteiger charge is 2.03. The average Bonchev–Trinajstić information content (AvgIpc) is 2.51. The van der Waals surface area contributed by atoms with E-state index in [0.717, 1.165) is 11.1 Å². The Morgan fingerprint density at radius 3 is 1.91 bits per heavy atom. The number of isocyanates is 2. The van der Waals surface area contributed by atoms with Crippen molar-refractivity contribution >= 4 is 34.9 Å². The number of aryl methyl sites for hydroxylation is 2. The van der Waals surface area contributed by atoms with E-state index >= 15 is 0 Å². The lowest BCUT2D eigenvalue weighted by Crippen LogP contribution is -1.79. The first kappa shape index (κ1) is 15.2. The van der Waals surface area contributed by atoms with Crippen LogP contribution in [0.2, 0.25) is 0 Å². The first-order valence-corrected chi connectivity index (χ1v) is 6.43. The second-order valence-electron chi connectivity index (χ2n) is 4.55. The van der Waals surface area contributed by atoms with Gasteiger partial charge < -0.3 is 0 Å². The van der Waals surface area contributed by atoms with Crippen LogP contribution in [0.4, 0.5) is 22.7 Å². The van der Waals surface area contributed by atoms with Gasteiger partial charge in [-0.15, -0.1) is 0 Å². The monoisotopic (exact) mass is 292 g/mol. The van der Waals surface area contributed by atoms with E-state index in [1.54, 1.807) is 36.4 Å². The molecule has 0 heterocycles. The lowest BCUT2D eigenvalue weighted by Gasteiger charge is -2.03. The molecule has 6 heteroatoms. The third kappa shape index (κ3) is 3.67. The highest BCUT2D eigenvalue weighted by molar-refractivity contribution is 5.61. The minimum Gasteiger partial charge on any atom is -0.211 e. The zero-order chi connectivity index (χ0) is 15.9. The van der Waals surface area contributed by atoms with Crippen molar-refractivity contribution in [3.63, 3.8) is 0 Å². The van der Waals surface area contributed by atoms with E-state index in [1.165, 1.54) is 12.2 Å². The van der Waals surface area contributed by atoms with Gasteiger partial charge in [0.15, 0.2) is 0 Å². The summed E-state index contributed by atoms with van der Waals surface area (Å²) in [6.45, 7) is 3.69. The molecule has 0 bridgehead atoms. The minimum atomic E-state index is 0.511. The summed E-state index contributed by atoms with van der Waals surface area (Å²) in [5.74, 6) is 0. The van der Waals surface area contributed by atoms with Crippen LogP contribution in [0.1, 0.15) is 11.1 Å². The number of benzene rings is 2. The number of hydrogen-bond acceptors (Lipinski definition) is 6. The van der Waals surface area contributed by atoms with Crippen LogP contribution >= 0.6 is 0 Å². The Kier molecular flexibility index (Phi) is 4.83. The van der Waals surface area contributed by atoms with Crippen molar-refractivity contribution in [2.45, 2.75) is 13.8 Å². The van der Waals surface area contributed by atoms with Crippen LogP contribution in [0.15, 0.2) is 56.6 Å². The standard InChI is InChI=1S/C16H12N4O2/c1-11-8-16(12(2)7-15(11)18-10-22)20-19-14-5-3-13(4-6-14)17-9-21/h3-8H,1-2H3. The minimum absolute atomic E-state index is 0.511. The summed E-state index contributed by atoms with van der Waals surface area (Å²) in [5.41, 5.74) is 4.08. The van der Waals surface area contributed by atoms with E-state index in [0.29, 0.717) is 22.7 Å². The van der Waals surface area contributed by atoms with E-state index < -0.39 is 0 Å². The molecule has 2 rings (SSSR count). The first-order valence-electron chi connectivity index (χ1n) is 6.43. The van der Waals surface area contributed by atoms with Gasteiger partial charge in [0, 0.05) is 0 Å². The number of carbonyl (C=O) groups excluding carboxylic acids is 2. The molecule has 0 spiro atoms. The van der Waals surface area contributed by atoms with Gasteiger partial charge in [-0.3, -0.25) is 0 Å². The zero-order valence-corrected chi connectivity index (χ0v) is 12.1. The molecule has 0 N–H and O–H groups in total. The van der Waals surface area contributed by atoms with Crippen LogP contribution in [0, 0.1) is 13.8 Å². The molecule has 22 heavy (non-hydrogen) atoms. The predicted molar refractivity (Wildman–Crippen MR) is 82.1 cm³/mol. The molecule has 108 valence electrons. The smallest absolute Gasteiger partial charge is 0.211 e. The zero-order valence-electron chi connectivity index (χ0n) is 12.1. The number of azo groups is 1. The van der Waals surface area contributed by atoms with Crippen LogP contribution < -0.4 is 0 Å². The fourth-order valence-corrected chi connectivity index (χ4v) is 1.82. The van der Waals surface area contributed by atoms with E-state index in [9.17, 15) is 9.59 Å². The summed E-state index contributed by atoms with van der Waals surface area (Å²) in [6.07, 6.45) is 3.00. The van der Waals surface area contributed by atoms with Crippen LogP contribution in [-0.4, -0.2) is 12.2 Å². The van der Waals surface area contributed by atoms with Crippen molar-refractivity contribution in [3.8, 4) is 0 Å². The Morgan fingerprint density at radius 1 is 0.727 bits per heavy atom. The largest absolute Gasteiger partial charge is 0.240 e. The Balaban J connectivity index is 2.28. The molecule has 0 atom stereocenters. The Labute approximate surface area is 127 Å². The van der Waals surface area contributed by atoms with E-state index in [2.05, 4.69) is 20.2 Å². The number of aliphatic imine (C=N–C) groups is 2. The first-order chi connectivity index (χ1) is 10.6. The average molecular weight is 292 g/mol. The lowest BCUT2D eigenvalue weighted by molar-refractivity contribution is 0.564. The second kappa shape index (κ2) is 6.99. The molecule has 0 aliphatic rings. The maximum absolute atomic E-state index is 10.3. The molecule has 0 fully saturated rings. The van der Waals surface area contributed by atoms with Crippen molar-refractivity contribution in [1.29, 1.82) is 0 Å². The van der Waals surface area contributed by atoms with Gasteiger partial charge in [0.25, 0.3) is 0 Å². The van der Waals surface area contributed by atoms with E-state index in [-0.39, 0.29) is 0 Å². The van der Waals surface area contributed by atoms with Crippen molar-refractivity contribution in [3.05, 3.63) is 47.5 Å². The van der Waals surface area contributed by atoms with Gasteiger partial charge in [-0.2, -0.15) is 20.2 Å². The highest BCUT2D eigenvalue weighted by Crippen LogP contribution is 2.29. The molecule has 0 amide bonds. The van der Waals surface area contributed by atoms with Crippen molar-refractivity contribution in [2.24, 2.45) is 20.2 Å². The van der Waals surface area contributed by atoms with Crippen molar-refractivity contribution in [2.75, 3.05) is 0 Å². The lowest BCUT2D eigenvalue weighted by atomic mass is 10.1.